The molecule has 0 bridgehead atoms. The standard InChI is InChI=1S/C12H12BrNO/c1-8(7-14)5-12(15)10-3-4-11(13)9(2)6-10/h3-4,6,8H,5H2,1-2H3. The lowest BCUT2D eigenvalue weighted by Gasteiger charge is -2.04. The minimum Gasteiger partial charge on any atom is -0.294 e. The Kier molecular flexibility index (Phi) is 4.05. The molecule has 0 saturated heterocycles. The zero-order valence-corrected chi connectivity index (χ0v) is 10.3. The lowest BCUT2D eigenvalue weighted by molar-refractivity contribution is 0.0972. The number of hydrogen-bond donors (Lipinski definition) is 0. The Bertz CT molecular complexity index is 420. The van der Waals surface area contributed by atoms with E-state index in [2.05, 4.69) is 22.0 Å². The monoisotopic (exact) mass is 265 g/mol. The molecule has 2 nitrogen and oxygen atoms in total. The molecule has 0 radical (unpaired) electrons. The van der Waals surface area contributed by atoms with Gasteiger partial charge < -0.3 is 0 Å². The van der Waals surface area contributed by atoms with Crippen LogP contribution in [-0.4, -0.2) is 5.78 Å². The number of carbonyl (C=O) groups is 1. The summed E-state index contributed by atoms with van der Waals surface area (Å²) in [4.78, 5) is 11.7. The van der Waals surface area contributed by atoms with Crippen molar-refractivity contribution < 1.29 is 4.79 Å². The highest BCUT2D eigenvalue weighted by Gasteiger charge is 2.11. The van der Waals surface area contributed by atoms with E-state index in [-0.39, 0.29) is 18.1 Å². The van der Waals surface area contributed by atoms with Crippen LogP contribution in [0.15, 0.2) is 22.7 Å². The van der Waals surface area contributed by atoms with Gasteiger partial charge in [-0.1, -0.05) is 22.0 Å². The molecule has 0 saturated carbocycles. The lowest BCUT2D eigenvalue weighted by Crippen LogP contribution is -2.04. The SMILES string of the molecule is Cc1cc(C(=O)CC(C)C#N)ccc1Br. The number of Topliss-reactive ketones (excluding diaryl/α,β-unsaturated/α-hetero) is 1. The number of aryl methyl sites for hydroxylation is 1. The van der Waals surface area contributed by atoms with Crippen molar-refractivity contribution in [1.29, 1.82) is 5.26 Å². The summed E-state index contributed by atoms with van der Waals surface area (Å²) in [6.45, 7) is 3.69. The van der Waals surface area contributed by atoms with Crippen molar-refractivity contribution in [1.82, 2.24) is 0 Å². The van der Waals surface area contributed by atoms with E-state index in [0.29, 0.717) is 5.56 Å². The van der Waals surface area contributed by atoms with Gasteiger partial charge in [0.2, 0.25) is 0 Å². The van der Waals surface area contributed by atoms with Gasteiger partial charge in [-0.3, -0.25) is 4.79 Å². The van der Waals surface area contributed by atoms with Gasteiger partial charge in [0.15, 0.2) is 5.78 Å². The second kappa shape index (κ2) is 5.09. The molecular weight excluding hydrogens is 254 g/mol. The maximum atomic E-state index is 11.7. The third kappa shape index (κ3) is 3.17. The Labute approximate surface area is 98.0 Å². The first-order chi connectivity index (χ1) is 7.04. The van der Waals surface area contributed by atoms with Gasteiger partial charge in [0.05, 0.1) is 12.0 Å². The minimum atomic E-state index is -0.221. The first kappa shape index (κ1) is 11.9. The summed E-state index contributed by atoms with van der Waals surface area (Å²) in [5.74, 6) is -0.193. The lowest BCUT2D eigenvalue weighted by atomic mass is 10.00. The summed E-state index contributed by atoms with van der Waals surface area (Å²) in [7, 11) is 0. The van der Waals surface area contributed by atoms with Crippen molar-refractivity contribution in [2.45, 2.75) is 20.3 Å². The predicted molar refractivity (Wildman–Crippen MR) is 62.6 cm³/mol. The number of benzene rings is 1. The van der Waals surface area contributed by atoms with Gasteiger partial charge >= 0.3 is 0 Å². The number of halogens is 1. The molecular formula is C12H12BrNO. The molecule has 0 aliphatic heterocycles. The van der Waals surface area contributed by atoms with Gasteiger partial charge in [0.1, 0.15) is 0 Å². The molecule has 3 heteroatoms. The summed E-state index contributed by atoms with van der Waals surface area (Å²) >= 11 is 3.38. The molecule has 0 N–H and O–H groups in total. The van der Waals surface area contributed by atoms with Crippen LogP contribution in [0, 0.1) is 24.2 Å². The van der Waals surface area contributed by atoms with Gasteiger partial charge in [0, 0.05) is 16.5 Å². The Balaban J connectivity index is 2.84. The maximum absolute atomic E-state index is 11.7. The van der Waals surface area contributed by atoms with E-state index in [1.165, 1.54) is 0 Å². The van der Waals surface area contributed by atoms with Crippen molar-refractivity contribution in [3.63, 3.8) is 0 Å². The van der Waals surface area contributed by atoms with E-state index < -0.39 is 0 Å². The zero-order chi connectivity index (χ0) is 11.4. The molecule has 1 unspecified atom stereocenters. The number of rotatable bonds is 3. The van der Waals surface area contributed by atoms with E-state index in [0.717, 1.165) is 10.0 Å². The third-order valence-corrected chi connectivity index (χ3v) is 3.08. The number of hydrogen-bond acceptors (Lipinski definition) is 2. The molecule has 15 heavy (non-hydrogen) atoms. The fourth-order valence-corrected chi connectivity index (χ4v) is 1.51. The summed E-state index contributed by atoms with van der Waals surface area (Å²) in [6, 6.07) is 7.55. The summed E-state index contributed by atoms with van der Waals surface area (Å²) < 4.78 is 0.993. The van der Waals surface area contributed by atoms with Crippen LogP contribution >= 0.6 is 15.9 Å². The maximum Gasteiger partial charge on any atom is 0.164 e. The van der Waals surface area contributed by atoms with Crippen molar-refractivity contribution >= 4 is 21.7 Å². The van der Waals surface area contributed by atoms with Crippen LogP contribution in [0.1, 0.15) is 29.3 Å². The highest BCUT2D eigenvalue weighted by Crippen LogP contribution is 2.18. The zero-order valence-electron chi connectivity index (χ0n) is 8.75. The number of nitriles is 1. The van der Waals surface area contributed by atoms with Crippen molar-refractivity contribution in [2.24, 2.45) is 5.92 Å². The second-order valence-electron chi connectivity index (χ2n) is 3.62. The molecule has 1 atom stereocenters. The van der Waals surface area contributed by atoms with E-state index in [1.54, 1.807) is 13.0 Å². The van der Waals surface area contributed by atoms with Crippen molar-refractivity contribution in [3.05, 3.63) is 33.8 Å². The van der Waals surface area contributed by atoms with Crippen LogP contribution in [0.2, 0.25) is 0 Å². The summed E-state index contributed by atoms with van der Waals surface area (Å²) in [5.41, 5.74) is 1.71. The first-order valence-corrected chi connectivity index (χ1v) is 5.53. The number of carbonyl (C=O) groups excluding carboxylic acids is 1. The van der Waals surface area contributed by atoms with Crippen LogP contribution in [0.3, 0.4) is 0 Å². The molecule has 0 heterocycles. The Hall–Kier alpha value is -1.14. The van der Waals surface area contributed by atoms with Crippen LogP contribution in [-0.2, 0) is 0 Å². The second-order valence-corrected chi connectivity index (χ2v) is 4.48. The average Bonchev–Trinajstić information content (AvgIpc) is 2.21. The average molecular weight is 266 g/mol. The van der Waals surface area contributed by atoms with Gasteiger partial charge in [-0.15, -0.1) is 0 Å². The third-order valence-electron chi connectivity index (χ3n) is 2.19. The molecule has 78 valence electrons. The molecule has 0 aromatic heterocycles. The van der Waals surface area contributed by atoms with Crippen LogP contribution in [0.5, 0.6) is 0 Å². The molecule has 0 aliphatic rings. The minimum absolute atomic E-state index is 0.0275. The molecule has 1 aromatic carbocycles. The van der Waals surface area contributed by atoms with Crippen LogP contribution in [0.25, 0.3) is 0 Å². The Morgan fingerprint density at radius 1 is 1.60 bits per heavy atom. The van der Waals surface area contributed by atoms with Crippen LogP contribution < -0.4 is 0 Å². The van der Waals surface area contributed by atoms with E-state index in [9.17, 15) is 4.79 Å². The highest BCUT2D eigenvalue weighted by atomic mass is 79.9. The summed E-state index contributed by atoms with van der Waals surface area (Å²) in [5, 5.41) is 8.62. The van der Waals surface area contributed by atoms with Crippen molar-refractivity contribution in [3.8, 4) is 6.07 Å². The Morgan fingerprint density at radius 2 is 2.27 bits per heavy atom. The highest BCUT2D eigenvalue weighted by molar-refractivity contribution is 9.10. The predicted octanol–water partition coefficient (Wildman–Crippen LogP) is 3.49. The van der Waals surface area contributed by atoms with Crippen molar-refractivity contribution in [2.75, 3.05) is 0 Å². The normalized spacial score (nSPS) is 11.9. The van der Waals surface area contributed by atoms with E-state index in [1.807, 2.05) is 19.1 Å². The number of nitrogens with zero attached hydrogens (tertiary/aromatic N) is 1. The van der Waals surface area contributed by atoms with Gasteiger partial charge in [-0.25, -0.2) is 0 Å². The first-order valence-electron chi connectivity index (χ1n) is 4.73. The topological polar surface area (TPSA) is 40.9 Å². The van der Waals surface area contributed by atoms with E-state index >= 15 is 0 Å². The fourth-order valence-electron chi connectivity index (χ4n) is 1.26. The van der Waals surface area contributed by atoms with Gasteiger partial charge in [0.25, 0.3) is 0 Å². The number of ketones is 1. The van der Waals surface area contributed by atoms with E-state index in [4.69, 9.17) is 5.26 Å². The summed E-state index contributed by atoms with van der Waals surface area (Å²) in [6.07, 6.45) is 0.289. The van der Waals surface area contributed by atoms with Crippen LogP contribution in [0.4, 0.5) is 0 Å². The molecule has 0 aliphatic carbocycles. The largest absolute Gasteiger partial charge is 0.294 e. The molecule has 0 fully saturated rings. The fraction of sp³-hybridized carbons (Fsp3) is 0.333. The molecule has 0 spiro atoms. The van der Waals surface area contributed by atoms with Gasteiger partial charge in [-0.05, 0) is 31.5 Å². The Morgan fingerprint density at radius 3 is 2.80 bits per heavy atom. The smallest absolute Gasteiger partial charge is 0.164 e. The van der Waals surface area contributed by atoms with Gasteiger partial charge in [-0.2, -0.15) is 5.26 Å². The quantitative estimate of drug-likeness (QED) is 0.786. The molecule has 0 amide bonds. The molecule has 1 rings (SSSR count). The molecule has 1 aromatic rings.